The van der Waals surface area contributed by atoms with E-state index in [1.807, 2.05) is 6.07 Å². The van der Waals surface area contributed by atoms with Crippen molar-refractivity contribution in [1.29, 1.82) is 5.26 Å². The van der Waals surface area contributed by atoms with Gasteiger partial charge < -0.3 is 14.8 Å². The minimum absolute atomic E-state index is 0.159. The largest absolute Gasteiger partial charge is 0.493 e. The van der Waals surface area contributed by atoms with Gasteiger partial charge in [-0.05, 0) is 59.7 Å². The molecule has 0 aliphatic rings. The molecule has 3 aromatic rings. The molecular formula is C24H15Cl5N2O3. The third kappa shape index (κ3) is 6.50. The quantitative estimate of drug-likeness (QED) is 0.236. The lowest BCUT2D eigenvalue weighted by Gasteiger charge is -2.14. The normalized spacial score (nSPS) is 11.0. The highest BCUT2D eigenvalue weighted by atomic mass is 35.5. The van der Waals surface area contributed by atoms with Gasteiger partial charge in [0.2, 0.25) is 0 Å². The molecular weight excluding hydrogens is 542 g/mol. The molecule has 174 valence electrons. The number of nitrogens with zero attached hydrogens (tertiary/aromatic N) is 1. The Morgan fingerprint density at radius 1 is 0.941 bits per heavy atom. The van der Waals surface area contributed by atoms with Gasteiger partial charge in [-0.25, -0.2) is 0 Å². The highest BCUT2D eigenvalue weighted by molar-refractivity contribution is 6.42. The summed E-state index contributed by atoms with van der Waals surface area (Å²) in [5.74, 6) is -0.0110. The summed E-state index contributed by atoms with van der Waals surface area (Å²) in [6.07, 6.45) is 1.38. The fourth-order valence-corrected chi connectivity index (χ4v) is 3.73. The molecule has 10 heteroatoms. The molecule has 1 N–H and O–H groups in total. The standard InChI is InChI=1S/C24H15Cl5N2O3/c1-33-22-9-14(6-15(11-30)24(32)31-16-3-5-18(26)20(28)10-16)8-21(29)23(22)34-12-13-2-4-17(25)19(27)7-13/h2-10H,12H2,1H3,(H,31,32)/b15-6+. The second-order valence-corrected chi connectivity index (χ2v) is 8.86. The first-order valence-corrected chi connectivity index (χ1v) is 11.4. The lowest BCUT2D eigenvalue weighted by molar-refractivity contribution is -0.112. The topological polar surface area (TPSA) is 71.3 Å². The first-order valence-electron chi connectivity index (χ1n) is 9.54. The Morgan fingerprint density at radius 3 is 2.24 bits per heavy atom. The van der Waals surface area contributed by atoms with Crippen molar-refractivity contribution in [3.63, 3.8) is 0 Å². The van der Waals surface area contributed by atoms with Crippen molar-refractivity contribution in [1.82, 2.24) is 0 Å². The van der Waals surface area contributed by atoms with Crippen LogP contribution in [0.25, 0.3) is 6.08 Å². The van der Waals surface area contributed by atoms with Gasteiger partial charge in [-0.2, -0.15) is 5.26 Å². The second-order valence-electron chi connectivity index (χ2n) is 6.82. The van der Waals surface area contributed by atoms with Crippen molar-refractivity contribution < 1.29 is 14.3 Å². The molecule has 3 aromatic carbocycles. The number of carbonyl (C=O) groups excluding carboxylic acids is 1. The van der Waals surface area contributed by atoms with Gasteiger partial charge in [0.05, 0.1) is 32.2 Å². The van der Waals surface area contributed by atoms with Crippen molar-refractivity contribution in [2.75, 3.05) is 12.4 Å². The zero-order chi connectivity index (χ0) is 24.8. The van der Waals surface area contributed by atoms with Gasteiger partial charge >= 0.3 is 0 Å². The fourth-order valence-electron chi connectivity index (χ4n) is 2.84. The molecule has 34 heavy (non-hydrogen) atoms. The zero-order valence-corrected chi connectivity index (χ0v) is 21.2. The highest BCUT2D eigenvalue weighted by Crippen LogP contribution is 2.38. The molecule has 0 spiro atoms. The molecule has 0 bridgehead atoms. The number of carbonyl (C=O) groups is 1. The van der Waals surface area contributed by atoms with Crippen molar-refractivity contribution >= 4 is 75.7 Å². The molecule has 0 saturated carbocycles. The van der Waals surface area contributed by atoms with Crippen LogP contribution in [0.3, 0.4) is 0 Å². The average Bonchev–Trinajstić information content (AvgIpc) is 2.80. The van der Waals surface area contributed by atoms with Crippen LogP contribution in [0.4, 0.5) is 5.69 Å². The summed E-state index contributed by atoms with van der Waals surface area (Å²) in [6, 6.07) is 14.7. The van der Waals surface area contributed by atoms with Crippen LogP contribution in [0.1, 0.15) is 11.1 Å². The molecule has 0 aromatic heterocycles. The summed E-state index contributed by atoms with van der Waals surface area (Å²) in [7, 11) is 1.45. The minimum atomic E-state index is -0.629. The van der Waals surface area contributed by atoms with Gasteiger partial charge in [-0.15, -0.1) is 0 Å². The number of halogens is 5. The lowest BCUT2D eigenvalue weighted by Crippen LogP contribution is -2.13. The molecule has 0 radical (unpaired) electrons. The Balaban J connectivity index is 1.82. The number of rotatable bonds is 7. The van der Waals surface area contributed by atoms with E-state index in [1.54, 1.807) is 36.4 Å². The summed E-state index contributed by atoms with van der Waals surface area (Å²) in [4.78, 5) is 12.6. The summed E-state index contributed by atoms with van der Waals surface area (Å²) in [5.41, 5.74) is 1.47. The van der Waals surface area contributed by atoms with Gasteiger partial charge in [0.25, 0.3) is 5.91 Å². The summed E-state index contributed by atoms with van der Waals surface area (Å²) >= 11 is 30.3. The number of hydrogen-bond donors (Lipinski definition) is 1. The number of methoxy groups -OCH3 is 1. The third-order valence-electron chi connectivity index (χ3n) is 4.47. The molecule has 0 saturated heterocycles. The smallest absolute Gasteiger partial charge is 0.266 e. The van der Waals surface area contributed by atoms with Crippen LogP contribution >= 0.6 is 58.0 Å². The number of benzene rings is 3. The predicted molar refractivity (Wildman–Crippen MR) is 137 cm³/mol. The summed E-state index contributed by atoms with van der Waals surface area (Å²) < 4.78 is 11.2. The van der Waals surface area contributed by atoms with Crippen LogP contribution in [0.2, 0.25) is 25.1 Å². The van der Waals surface area contributed by atoms with Crippen molar-refractivity contribution in [3.8, 4) is 17.6 Å². The van der Waals surface area contributed by atoms with E-state index in [0.717, 1.165) is 5.56 Å². The molecule has 0 fully saturated rings. The minimum Gasteiger partial charge on any atom is -0.493 e. The lowest BCUT2D eigenvalue weighted by atomic mass is 10.1. The van der Waals surface area contributed by atoms with E-state index in [0.29, 0.717) is 37.8 Å². The number of ether oxygens (including phenoxy) is 2. The van der Waals surface area contributed by atoms with Gasteiger partial charge in [0.15, 0.2) is 11.5 Å². The van der Waals surface area contributed by atoms with Crippen molar-refractivity contribution in [3.05, 3.63) is 90.3 Å². The first kappa shape index (κ1) is 26.0. The Labute approximate surface area is 221 Å². The SMILES string of the molecule is COc1cc(/C=C(\C#N)C(=O)Nc2ccc(Cl)c(Cl)c2)cc(Cl)c1OCc1ccc(Cl)c(Cl)c1. The number of nitrogens with one attached hydrogen (secondary N) is 1. The number of hydrogen-bond acceptors (Lipinski definition) is 4. The summed E-state index contributed by atoms with van der Waals surface area (Å²) in [5, 5.41) is 13.8. The van der Waals surface area contributed by atoms with E-state index in [9.17, 15) is 10.1 Å². The third-order valence-corrected chi connectivity index (χ3v) is 6.23. The van der Waals surface area contributed by atoms with Gasteiger partial charge in [-0.1, -0.05) is 64.1 Å². The van der Waals surface area contributed by atoms with E-state index >= 15 is 0 Å². The first-order chi connectivity index (χ1) is 16.2. The molecule has 0 unspecified atom stereocenters. The molecule has 1 amide bonds. The van der Waals surface area contributed by atoms with E-state index in [2.05, 4.69) is 5.32 Å². The zero-order valence-electron chi connectivity index (χ0n) is 17.5. The molecule has 0 aliphatic heterocycles. The molecule has 0 aliphatic carbocycles. The Hall–Kier alpha value is -2.59. The Kier molecular flexibility index (Phi) is 8.96. The molecule has 3 rings (SSSR count). The average molecular weight is 557 g/mol. The van der Waals surface area contributed by atoms with Crippen LogP contribution in [0.15, 0.2) is 54.1 Å². The summed E-state index contributed by atoms with van der Waals surface area (Å²) in [6.45, 7) is 0.164. The van der Waals surface area contributed by atoms with E-state index in [1.165, 1.54) is 25.3 Å². The van der Waals surface area contributed by atoms with Gasteiger partial charge in [0, 0.05) is 5.69 Å². The molecule has 0 atom stereocenters. The molecule has 0 heterocycles. The van der Waals surface area contributed by atoms with Crippen molar-refractivity contribution in [2.24, 2.45) is 0 Å². The Bertz CT molecular complexity index is 1320. The highest BCUT2D eigenvalue weighted by Gasteiger charge is 2.15. The van der Waals surface area contributed by atoms with E-state index in [-0.39, 0.29) is 22.2 Å². The number of amides is 1. The number of anilines is 1. The van der Waals surface area contributed by atoms with Crippen LogP contribution in [-0.2, 0) is 11.4 Å². The van der Waals surface area contributed by atoms with Gasteiger partial charge in [0.1, 0.15) is 18.2 Å². The van der Waals surface area contributed by atoms with E-state index in [4.69, 9.17) is 67.5 Å². The van der Waals surface area contributed by atoms with Gasteiger partial charge in [-0.3, -0.25) is 4.79 Å². The fraction of sp³-hybridized carbons (Fsp3) is 0.0833. The van der Waals surface area contributed by atoms with E-state index < -0.39 is 5.91 Å². The number of nitriles is 1. The second kappa shape index (κ2) is 11.7. The molecule has 5 nitrogen and oxygen atoms in total. The monoisotopic (exact) mass is 554 g/mol. The van der Waals surface area contributed by atoms with Crippen LogP contribution in [0, 0.1) is 11.3 Å². The van der Waals surface area contributed by atoms with Crippen LogP contribution in [-0.4, -0.2) is 13.0 Å². The maximum absolute atomic E-state index is 12.6. The predicted octanol–water partition coefficient (Wildman–Crippen LogP) is 8.09. The van der Waals surface area contributed by atoms with Crippen LogP contribution < -0.4 is 14.8 Å². The van der Waals surface area contributed by atoms with Crippen molar-refractivity contribution in [2.45, 2.75) is 6.61 Å². The Morgan fingerprint density at radius 2 is 1.62 bits per heavy atom. The maximum atomic E-state index is 12.6. The van der Waals surface area contributed by atoms with Crippen LogP contribution in [0.5, 0.6) is 11.5 Å². The maximum Gasteiger partial charge on any atom is 0.266 e.